The molecule has 0 N–H and O–H groups in total. The van der Waals surface area contributed by atoms with Crippen LogP contribution in [0.4, 0.5) is 0 Å². The van der Waals surface area contributed by atoms with Gasteiger partial charge in [-0.15, -0.1) is 0 Å². The van der Waals surface area contributed by atoms with Gasteiger partial charge in [-0.2, -0.15) is 4.98 Å². The molecule has 1 amide bonds. The highest BCUT2D eigenvalue weighted by Gasteiger charge is 2.27. The number of nitrogens with zero attached hydrogens (tertiary/aromatic N) is 5. The van der Waals surface area contributed by atoms with Crippen LogP contribution in [0.2, 0.25) is 0 Å². The van der Waals surface area contributed by atoms with Crippen LogP contribution >= 0.6 is 0 Å². The summed E-state index contributed by atoms with van der Waals surface area (Å²) >= 11 is 0. The highest BCUT2D eigenvalue weighted by molar-refractivity contribution is 5.90. The van der Waals surface area contributed by atoms with E-state index in [4.69, 9.17) is 9.47 Å². The van der Waals surface area contributed by atoms with Crippen molar-refractivity contribution < 1.29 is 14.3 Å². The zero-order valence-corrected chi connectivity index (χ0v) is 12.8. The predicted molar refractivity (Wildman–Crippen MR) is 80.2 cm³/mol. The number of ether oxygens (including phenoxy) is 2. The number of hydrogen-bond donors (Lipinski definition) is 0. The minimum atomic E-state index is -0.185. The quantitative estimate of drug-likeness (QED) is 0.830. The Labute approximate surface area is 133 Å². The molecule has 1 aliphatic heterocycles. The first-order valence-corrected chi connectivity index (χ1v) is 7.35. The summed E-state index contributed by atoms with van der Waals surface area (Å²) in [5, 5.41) is 0. The molecular weight excluding hydrogens is 298 g/mol. The number of amides is 1. The van der Waals surface area contributed by atoms with Crippen molar-refractivity contribution in [1.82, 2.24) is 24.8 Å². The molecule has 1 saturated heterocycles. The minimum absolute atomic E-state index is 0.141. The molecular formula is C15H17N5O3. The summed E-state index contributed by atoms with van der Waals surface area (Å²) in [5.74, 6) is 0.800. The Bertz CT molecular complexity index is 667. The van der Waals surface area contributed by atoms with Gasteiger partial charge in [0, 0.05) is 18.9 Å². The van der Waals surface area contributed by atoms with E-state index in [0.29, 0.717) is 24.8 Å². The second-order valence-corrected chi connectivity index (χ2v) is 5.11. The lowest BCUT2D eigenvalue weighted by Gasteiger charge is -2.32. The third-order valence-electron chi connectivity index (χ3n) is 3.51. The molecule has 23 heavy (non-hydrogen) atoms. The number of hydrogen-bond acceptors (Lipinski definition) is 7. The van der Waals surface area contributed by atoms with Crippen LogP contribution in [-0.4, -0.2) is 57.0 Å². The summed E-state index contributed by atoms with van der Waals surface area (Å²) in [6, 6.07) is 1.68. The summed E-state index contributed by atoms with van der Waals surface area (Å²) in [6.45, 7) is 1.14. The average Bonchev–Trinajstić information content (AvgIpc) is 2.62. The smallest absolute Gasteiger partial charge is 0.291 e. The van der Waals surface area contributed by atoms with Crippen molar-refractivity contribution in [3.05, 3.63) is 36.7 Å². The lowest BCUT2D eigenvalue weighted by atomic mass is 10.1. The Balaban J connectivity index is 1.65. The van der Waals surface area contributed by atoms with Crippen LogP contribution in [0.15, 0.2) is 30.9 Å². The van der Waals surface area contributed by atoms with Crippen LogP contribution in [0.5, 0.6) is 11.8 Å². The van der Waals surface area contributed by atoms with Crippen LogP contribution in [0, 0.1) is 0 Å². The lowest BCUT2D eigenvalue weighted by molar-refractivity contribution is 0.0514. The molecule has 2 aromatic rings. The third kappa shape index (κ3) is 3.71. The third-order valence-corrected chi connectivity index (χ3v) is 3.51. The molecule has 8 nitrogen and oxygen atoms in total. The Morgan fingerprint density at radius 3 is 2.83 bits per heavy atom. The summed E-state index contributed by atoms with van der Waals surface area (Å²) in [4.78, 5) is 30.3. The first-order valence-electron chi connectivity index (χ1n) is 7.35. The van der Waals surface area contributed by atoms with Crippen molar-refractivity contribution in [1.29, 1.82) is 0 Å². The van der Waals surface area contributed by atoms with E-state index in [1.54, 1.807) is 23.4 Å². The van der Waals surface area contributed by atoms with Gasteiger partial charge in [0.15, 0.2) is 0 Å². The molecule has 0 radical (unpaired) electrons. The molecule has 0 saturated carbocycles. The molecule has 0 spiro atoms. The van der Waals surface area contributed by atoms with Crippen molar-refractivity contribution in [3.63, 3.8) is 0 Å². The number of piperidine rings is 1. The number of carbonyl (C=O) groups is 1. The van der Waals surface area contributed by atoms with E-state index in [1.165, 1.54) is 19.5 Å². The maximum Gasteiger partial charge on any atom is 0.291 e. The zero-order valence-electron chi connectivity index (χ0n) is 12.8. The van der Waals surface area contributed by atoms with Gasteiger partial charge in [-0.05, 0) is 18.9 Å². The number of aromatic nitrogens is 4. The van der Waals surface area contributed by atoms with Gasteiger partial charge >= 0.3 is 0 Å². The van der Waals surface area contributed by atoms with Gasteiger partial charge in [0.25, 0.3) is 5.91 Å². The van der Waals surface area contributed by atoms with Crippen LogP contribution in [-0.2, 0) is 0 Å². The van der Waals surface area contributed by atoms with Gasteiger partial charge in [-0.3, -0.25) is 9.78 Å². The van der Waals surface area contributed by atoms with Crippen molar-refractivity contribution in [3.8, 4) is 11.8 Å². The molecule has 8 heteroatoms. The SMILES string of the molecule is COc1cncc(OC2CCCN(C(=O)c3ncccn3)C2)n1. The zero-order chi connectivity index (χ0) is 16.1. The van der Waals surface area contributed by atoms with Gasteiger partial charge in [0.05, 0.1) is 26.0 Å². The first-order chi connectivity index (χ1) is 11.3. The normalized spacial score (nSPS) is 17.6. The second kappa shape index (κ2) is 6.99. The van der Waals surface area contributed by atoms with E-state index in [0.717, 1.165) is 12.8 Å². The van der Waals surface area contributed by atoms with Gasteiger partial charge in [0.1, 0.15) is 6.10 Å². The van der Waals surface area contributed by atoms with Crippen LogP contribution in [0.3, 0.4) is 0 Å². The van der Waals surface area contributed by atoms with Crippen molar-refractivity contribution >= 4 is 5.91 Å². The second-order valence-electron chi connectivity index (χ2n) is 5.11. The molecule has 3 rings (SSSR count). The Morgan fingerprint density at radius 2 is 2.04 bits per heavy atom. The predicted octanol–water partition coefficient (Wildman–Crippen LogP) is 0.959. The van der Waals surface area contributed by atoms with Gasteiger partial charge < -0.3 is 14.4 Å². The average molecular weight is 315 g/mol. The molecule has 1 unspecified atom stereocenters. The maximum absolute atomic E-state index is 12.4. The maximum atomic E-state index is 12.4. The number of likely N-dealkylation sites (tertiary alicyclic amines) is 1. The molecule has 0 bridgehead atoms. The fraction of sp³-hybridized carbons (Fsp3) is 0.400. The molecule has 3 heterocycles. The van der Waals surface area contributed by atoms with Crippen LogP contribution in [0.1, 0.15) is 23.5 Å². The molecule has 0 aromatic carbocycles. The summed E-state index contributed by atoms with van der Waals surface area (Å²) < 4.78 is 10.9. The minimum Gasteiger partial charge on any atom is -0.480 e. The van der Waals surface area contributed by atoms with E-state index in [1.807, 2.05) is 0 Å². The molecule has 120 valence electrons. The molecule has 0 aliphatic carbocycles. The van der Waals surface area contributed by atoms with Gasteiger partial charge in [-0.1, -0.05) is 0 Å². The summed E-state index contributed by atoms with van der Waals surface area (Å²) in [5.41, 5.74) is 0. The van der Waals surface area contributed by atoms with E-state index in [9.17, 15) is 4.79 Å². The first kappa shape index (κ1) is 15.1. The monoisotopic (exact) mass is 315 g/mol. The van der Waals surface area contributed by atoms with E-state index in [-0.39, 0.29) is 17.8 Å². The highest BCUT2D eigenvalue weighted by Crippen LogP contribution is 2.18. The van der Waals surface area contributed by atoms with E-state index < -0.39 is 0 Å². The fourth-order valence-electron chi connectivity index (χ4n) is 2.43. The summed E-state index contributed by atoms with van der Waals surface area (Å²) in [6.07, 6.45) is 7.71. The Kier molecular flexibility index (Phi) is 4.60. The van der Waals surface area contributed by atoms with Crippen molar-refractivity contribution in [2.75, 3.05) is 20.2 Å². The molecule has 1 atom stereocenters. The standard InChI is InChI=1S/C15H17N5O3/c1-22-12-8-16-9-13(19-12)23-11-4-2-7-20(10-11)15(21)14-17-5-3-6-18-14/h3,5-6,8-9,11H,2,4,7,10H2,1H3. The largest absolute Gasteiger partial charge is 0.480 e. The Hall–Kier alpha value is -2.77. The van der Waals surface area contributed by atoms with Gasteiger partial charge in [0.2, 0.25) is 17.6 Å². The Morgan fingerprint density at radius 1 is 1.26 bits per heavy atom. The number of methoxy groups -OCH3 is 1. The molecule has 2 aromatic heterocycles. The molecule has 1 aliphatic rings. The van der Waals surface area contributed by atoms with E-state index >= 15 is 0 Å². The van der Waals surface area contributed by atoms with Crippen LogP contribution < -0.4 is 9.47 Å². The highest BCUT2D eigenvalue weighted by atomic mass is 16.5. The van der Waals surface area contributed by atoms with Crippen LogP contribution in [0.25, 0.3) is 0 Å². The number of rotatable bonds is 4. The van der Waals surface area contributed by atoms with Crippen molar-refractivity contribution in [2.24, 2.45) is 0 Å². The lowest BCUT2D eigenvalue weighted by Crippen LogP contribution is -2.45. The van der Waals surface area contributed by atoms with Crippen molar-refractivity contribution in [2.45, 2.75) is 18.9 Å². The number of carbonyl (C=O) groups excluding carboxylic acids is 1. The molecule has 1 fully saturated rings. The topological polar surface area (TPSA) is 90.3 Å². The summed E-state index contributed by atoms with van der Waals surface area (Å²) in [7, 11) is 1.52. The van der Waals surface area contributed by atoms with E-state index in [2.05, 4.69) is 19.9 Å². The fourth-order valence-corrected chi connectivity index (χ4v) is 2.43. The van der Waals surface area contributed by atoms with Gasteiger partial charge in [-0.25, -0.2) is 9.97 Å².